The molecule has 2 aromatic rings. The van der Waals surface area contributed by atoms with Crippen molar-refractivity contribution in [1.29, 1.82) is 0 Å². The topological polar surface area (TPSA) is 104 Å². The number of halogens is 2. The Balaban J connectivity index is 0.000000189. The Labute approximate surface area is 273 Å². The lowest BCUT2D eigenvalue weighted by atomic mass is 9.53. The van der Waals surface area contributed by atoms with Crippen LogP contribution in [0.4, 0.5) is 0 Å². The Kier molecular flexibility index (Phi) is 11.2. The third kappa shape index (κ3) is 8.37. The third-order valence-electron chi connectivity index (χ3n) is 8.50. The maximum Gasteiger partial charge on any atom is 0.555 e. The molecule has 2 aromatic carbocycles. The van der Waals surface area contributed by atoms with Crippen molar-refractivity contribution >= 4 is 65.6 Å². The molecular weight excluding hydrogens is 681 g/mol. The highest BCUT2D eigenvalue weighted by Gasteiger charge is 2.60. The predicted octanol–water partition coefficient (Wildman–Crippen LogP) is 7.33. The summed E-state index contributed by atoms with van der Waals surface area (Å²) in [5.74, 6) is 0.736. The summed E-state index contributed by atoms with van der Waals surface area (Å²) in [7, 11) is -1.42. The van der Waals surface area contributed by atoms with Crippen LogP contribution in [0.15, 0.2) is 50.8 Å². The molecule has 3 aliphatic rings. The minimum absolute atomic E-state index is 0.0112. The minimum Gasteiger partial charge on any atom is -0.532 e. The van der Waals surface area contributed by atoms with Crippen molar-refractivity contribution in [3.8, 4) is 11.5 Å². The van der Waals surface area contributed by atoms with Crippen LogP contribution in [0, 0.1) is 0 Å². The van der Waals surface area contributed by atoms with Crippen molar-refractivity contribution in [2.24, 2.45) is 0 Å². The second-order valence-corrected chi connectivity index (χ2v) is 14.8. The zero-order chi connectivity index (χ0) is 32.5. The number of aldehydes is 1. The molecule has 232 valence electrons. The van der Waals surface area contributed by atoms with Crippen molar-refractivity contribution < 1.29 is 38.2 Å². The number of aromatic hydroxyl groups is 1. The highest BCUT2D eigenvalue weighted by atomic mass is 79.9. The van der Waals surface area contributed by atoms with E-state index in [0.29, 0.717) is 11.8 Å². The van der Waals surface area contributed by atoms with Crippen LogP contribution in [0.5, 0.6) is 11.5 Å². The fourth-order valence-corrected chi connectivity index (χ4v) is 4.98. The molecule has 0 radical (unpaired) electrons. The molecule has 0 aromatic heterocycles. The largest absolute Gasteiger partial charge is 0.555 e. The van der Waals surface area contributed by atoms with Gasteiger partial charge in [0, 0.05) is 20.2 Å². The summed E-state index contributed by atoms with van der Waals surface area (Å²) in [5.41, 5.74) is 0.838. The van der Waals surface area contributed by atoms with Gasteiger partial charge in [-0.05, 0) is 104 Å². The molecule has 3 aliphatic heterocycles. The standard InChI is InChI=1S/C14H28B2O4.C9H8BBrO2.C7H5BrO2/c1-10(15-17-11(2,3)12(4,5)18-15)16-19-13(6,7)14(8,9)20-16;1-6-4-7-5-8(11)2-3-9(7)13-10(6)12;8-6-1-2-7(10)5(3-6)4-9/h10H,1-9H3;2-5,12H,1H3;1-4,10H. The number of phenolic OH excluding ortho intramolecular Hbond substituents is 1. The van der Waals surface area contributed by atoms with Crippen LogP contribution in [0.3, 0.4) is 0 Å². The SMILES string of the molecule is CC(B1OC(C)(C)C(C)(C)O1)B1OC(C)(C)C(C)(C)O1.CC1=Cc2cc(Br)ccc2OB1O.O=Cc1cc(Br)ccc1O. The number of phenols is 1. The van der Waals surface area contributed by atoms with Crippen LogP contribution in [-0.4, -0.2) is 60.2 Å². The quantitative estimate of drug-likeness (QED) is 0.251. The zero-order valence-electron chi connectivity index (χ0n) is 26.5. The number of benzene rings is 2. The Hall–Kier alpha value is -1.60. The van der Waals surface area contributed by atoms with Crippen LogP contribution in [0.2, 0.25) is 5.72 Å². The first-order valence-electron chi connectivity index (χ1n) is 14.2. The number of rotatable bonds is 3. The van der Waals surface area contributed by atoms with Crippen LogP contribution < -0.4 is 4.65 Å². The molecule has 13 heteroatoms. The first-order chi connectivity index (χ1) is 19.7. The maximum atomic E-state index is 10.2. The molecule has 3 heterocycles. The monoisotopic (exact) mass is 720 g/mol. The Morgan fingerprint density at radius 1 is 0.791 bits per heavy atom. The second kappa shape index (κ2) is 13.4. The molecule has 0 aliphatic carbocycles. The Morgan fingerprint density at radius 2 is 1.23 bits per heavy atom. The molecule has 0 bridgehead atoms. The second-order valence-electron chi connectivity index (χ2n) is 13.0. The predicted molar refractivity (Wildman–Crippen MR) is 179 cm³/mol. The van der Waals surface area contributed by atoms with Gasteiger partial charge in [-0.1, -0.05) is 44.9 Å². The summed E-state index contributed by atoms with van der Waals surface area (Å²) in [6.45, 7) is 20.4. The molecular formula is C30H41B3Br2O8. The normalized spacial score (nSPS) is 20.7. The van der Waals surface area contributed by atoms with Crippen molar-refractivity contribution in [1.82, 2.24) is 0 Å². The maximum absolute atomic E-state index is 10.2. The van der Waals surface area contributed by atoms with E-state index >= 15 is 0 Å². The smallest absolute Gasteiger partial charge is 0.532 e. The summed E-state index contributed by atoms with van der Waals surface area (Å²) in [6, 6.07) is 10.4. The third-order valence-corrected chi connectivity index (χ3v) is 9.49. The molecule has 2 N–H and O–H groups in total. The van der Waals surface area contributed by atoms with Gasteiger partial charge in [-0.25, -0.2) is 0 Å². The number of allylic oxidation sites excluding steroid dienone is 1. The van der Waals surface area contributed by atoms with E-state index in [2.05, 4.69) is 94.2 Å². The zero-order valence-corrected chi connectivity index (χ0v) is 29.7. The van der Waals surface area contributed by atoms with E-state index in [-0.39, 0.29) is 48.1 Å². The Morgan fingerprint density at radius 3 is 1.67 bits per heavy atom. The van der Waals surface area contributed by atoms with E-state index in [9.17, 15) is 9.82 Å². The lowest BCUT2D eigenvalue weighted by Gasteiger charge is -2.32. The van der Waals surface area contributed by atoms with E-state index in [4.69, 9.17) is 28.4 Å². The lowest BCUT2D eigenvalue weighted by molar-refractivity contribution is 0.00578. The number of hydrogen-bond acceptors (Lipinski definition) is 8. The molecule has 0 saturated carbocycles. The van der Waals surface area contributed by atoms with Crippen molar-refractivity contribution in [2.45, 2.75) is 97.4 Å². The van der Waals surface area contributed by atoms with Gasteiger partial charge in [-0.15, -0.1) is 0 Å². The number of hydrogen-bond donors (Lipinski definition) is 2. The van der Waals surface area contributed by atoms with E-state index in [0.717, 1.165) is 25.7 Å². The summed E-state index contributed by atoms with van der Waals surface area (Å²) in [5, 5.41) is 18.4. The van der Waals surface area contributed by atoms with Crippen molar-refractivity contribution in [2.75, 3.05) is 0 Å². The van der Waals surface area contributed by atoms with Gasteiger partial charge in [0.1, 0.15) is 11.5 Å². The van der Waals surface area contributed by atoms with Crippen LogP contribution in [0.25, 0.3) is 6.08 Å². The molecule has 8 nitrogen and oxygen atoms in total. The van der Waals surface area contributed by atoms with E-state index in [1.54, 1.807) is 12.1 Å². The first kappa shape index (κ1) is 35.9. The van der Waals surface area contributed by atoms with Gasteiger partial charge in [-0.3, -0.25) is 4.79 Å². The number of carbonyl (C=O) groups is 1. The number of carbonyl (C=O) groups excluding carboxylic acids is 1. The summed E-state index contributed by atoms with van der Waals surface area (Å²) >= 11 is 6.55. The molecule has 0 unspecified atom stereocenters. The van der Waals surface area contributed by atoms with E-state index < -0.39 is 7.12 Å². The summed E-state index contributed by atoms with van der Waals surface area (Å²) in [6.07, 6.45) is 2.54. The van der Waals surface area contributed by atoms with Gasteiger partial charge in [0.05, 0.1) is 28.0 Å². The minimum atomic E-state index is -0.798. The molecule has 2 fully saturated rings. The summed E-state index contributed by atoms with van der Waals surface area (Å²) < 4.78 is 31.4. The van der Waals surface area contributed by atoms with Crippen molar-refractivity contribution in [3.63, 3.8) is 0 Å². The summed E-state index contributed by atoms with van der Waals surface area (Å²) in [4.78, 5) is 10.2. The average Bonchev–Trinajstić information content (AvgIpc) is 3.26. The molecule has 0 atom stereocenters. The fraction of sp³-hybridized carbons (Fsp3) is 0.500. The van der Waals surface area contributed by atoms with Crippen LogP contribution in [0.1, 0.15) is 85.2 Å². The number of fused-ring (bicyclic) bond motifs is 1. The first-order valence-corrected chi connectivity index (χ1v) is 15.8. The van der Waals surface area contributed by atoms with Gasteiger partial charge in [0.2, 0.25) is 0 Å². The van der Waals surface area contributed by atoms with Gasteiger partial charge < -0.3 is 33.4 Å². The molecule has 43 heavy (non-hydrogen) atoms. The molecule has 2 saturated heterocycles. The Bertz CT molecular complexity index is 1280. The highest BCUT2D eigenvalue weighted by molar-refractivity contribution is 9.10. The van der Waals surface area contributed by atoms with Crippen LogP contribution >= 0.6 is 31.9 Å². The average molecular weight is 722 g/mol. The highest BCUT2D eigenvalue weighted by Crippen LogP contribution is 2.45. The fourth-order valence-electron chi connectivity index (χ4n) is 4.22. The van der Waals surface area contributed by atoms with E-state index in [1.807, 2.05) is 31.2 Å². The van der Waals surface area contributed by atoms with Crippen LogP contribution in [-0.2, 0) is 18.6 Å². The van der Waals surface area contributed by atoms with Gasteiger partial charge >= 0.3 is 21.4 Å². The van der Waals surface area contributed by atoms with E-state index in [1.165, 1.54) is 6.07 Å². The van der Waals surface area contributed by atoms with Gasteiger partial charge in [0.15, 0.2) is 6.29 Å². The van der Waals surface area contributed by atoms with Gasteiger partial charge in [-0.2, -0.15) is 0 Å². The molecule has 0 spiro atoms. The molecule has 0 amide bonds. The lowest BCUT2D eigenvalue weighted by Crippen LogP contribution is -2.41. The van der Waals surface area contributed by atoms with Gasteiger partial charge in [0.25, 0.3) is 0 Å². The van der Waals surface area contributed by atoms with Crippen molar-refractivity contribution in [3.05, 3.63) is 61.9 Å². The molecule has 5 rings (SSSR count).